The number of ether oxygens (including phenoxy) is 1. The molecular formula is C21H25F3N2O7S. The number of nitrogens with one attached hydrogen (secondary N) is 1. The number of rotatable bonds is 9. The Morgan fingerprint density at radius 2 is 1.65 bits per heavy atom. The Morgan fingerprint density at radius 1 is 1.09 bits per heavy atom. The van der Waals surface area contributed by atoms with Gasteiger partial charge in [-0.25, -0.2) is 18.0 Å². The number of aliphatic carboxylic acids is 1. The highest BCUT2D eigenvalue weighted by molar-refractivity contribution is 7.92. The van der Waals surface area contributed by atoms with Crippen molar-refractivity contribution in [2.45, 2.75) is 30.8 Å². The first-order chi connectivity index (χ1) is 15.7. The van der Waals surface area contributed by atoms with E-state index >= 15 is 0 Å². The average Bonchev–Trinajstić information content (AvgIpc) is 2.76. The molecule has 0 aromatic heterocycles. The summed E-state index contributed by atoms with van der Waals surface area (Å²) in [5, 5.41) is 16.6. The van der Waals surface area contributed by atoms with E-state index in [-0.39, 0.29) is 16.1 Å². The molecule has 2 aromatic rings. The number of aromatic carboxylic acids is 1. The molecule has 0 amide bonds. The van der Waals surface area contributed by atoms with Gasteiger partial charge >= 0.3 is 18.1 Å². The summed E-state index contributed by atoms with van der Waals surface area (Å²) in [5.74, 6) is -3.33. The smallest absolute Gasteiger partial charge is 0.490 e. The van der Waals surface area contributed by atoms with Gasteiger partial charge in [0.15, 0.2) is 0 Å². The van der Waals surface area contributed by atoms with Crippen LogP contribution in [0.15, 0.2) is 47.4 Å². The second kappa shape index (κ2) is 12.1. The summed E-state index contributed by atoms with van der Waals surface area (Å²) in [5.41, 5.74) is 0.780. The minimum atomic E-state index is -5.08. The van der Waals surface area contributed by atoms with E-state index in [2.05, 4.69) is 11.6 Å². The number of benzene rings is 2. The standard InChI is InChI=1S/C19H24N2O5S.C2HF3O2/c1-4-5-12-21(2)18-11-6-14(13-17(18)19(22)23)20-27(24,25)16-9-7-15(26-3)8-10-16;3-2(4,5)1(6)7/h6-11,13,20H,4-5,12H2,1-3H3,(H,22,23);(H,6,7). The van der Waals surface area contributed by atoms with Crippen molar-refractivity contribution in [3.8, 4) is 5.75 Å². The Labute approximate surface area is 194 Å². The van der Waals surface area contributed by atoms with Gasteiger partial charge in [-0.15, -0.1) is 0 Å². The number of sulfonamides is 1. The molecule has 0 atom stereocenters. The molecule has 9 nitrogen and oxygen atoms in total. The van der Waals surface area contributed by atoms with Crippen molar-refractivity contribution in [2.24, 2.45) is 0 Å². The molecule has 13 heteroatoms. The molecule has 34 heavy (non-hydrogen) atoms. The van der Waals surface area contributed by atoms with E-state index < -0.39 is 28.1 Å². The number of halogens is 3. The molecule has 0 fully saturated rings. The fourth-order valence-electron chi connectivity index (χ4n) is 2.59. The fourth-order valence-corrected chi connectivity index (χ4v) is 3.64. The van der Waals surface area contributed by atoms with Crippen LogP contribution in [0.3, 0.4) is 0 Å². The number of anilines is 2. The summed E-state index contributed by atoms with van der Waals surface area (Å²) in [7, 11) is -0.528. The van der Waals surface area contributed by atoms with Crippen molar-refractivity contribution in [3.05, 3.63) is 48.0 Å². The maximum absolute atomic E-state index is 12.5. The van der Waals surface area contributed by atoms with E-state index in [0.29, 0.717) is 18.0 Å². The SMILES string of the molecule is CCCCN(C)c1ccc(NS(=O)(=O)c2ccc(OC)cc2)cc1C(=O)O.O=C(O)C(F)(F)F. The number of hydrogen-bond acceptors (Lipinski definition) is 6. The zero-order valence-corrected chi connectivity index (χ0v) is 19.4. The van der Waals surface area contributed by atoms with Gasteiger partial charge in [0.2, 0.25) is 0 Å². The molecule has 0 radical (unpaired) electrons. The second-order valence-corrected chi connectivity index (χ2v) is 8.58. The number of carboxylic acid groups (broad SMARTS) is 2. The van der Waals surface area contributed by atoms with Crippen molar-refractivity contribution >= 4 is 33.3 Å². The minimum Gasteiger partial charge on any atom is -0.497 e. The van der Waals surface area contributed by atoms with Crippen LogP contribution in [0.1, 0.15) is 30.1 Å². The van der Waals surface area contributed by atoms with Gasteiger partial charge in [0, 0.05) is 19.3 Å². The Kier molecular flexibility index (Phi) is 10.2. The fraction of sp³-hybridized carbons (Fsp3) is 0.333. The molecule has 0 heterocycles. The number of nitrogens with zero attached hydrogens (tertiary/aromatic N) is 1. The Morgan fingerprint density at radius 3 is 2.09 bits per heavy atom. The number of methoxy groups -OCH3 is 1. The van der Waals surface area contributed by atoms with E-state index in [9.17, 15) is 31.5 Å². The highest BCUT2D eigenvalue weighted by atomic mass is 32.2. The number of alkyl halides is 3. The van der Waals surface area contributed by atoms with Crippen LogP contribution in [0.4, 0.5) is 24.5 Å². The van der Waals surface area contributed by atoms with Gasteiger partial charge in [-0.2, -0.15) is 13.2 Å². The van der Waals surface area contributed by atoms with E-state index in [1.807, 2.05) is 11.9 Å². The third kappa shape index (κ3) is 8.46. The van der Waals surface area contributed by atoms with Gasteiger partial charge in [-0.05, 0) is 48.9 Å². The minimum absolute atomic E-state index is 0.0449. The van der Waals surface area contributed by atoms with Gasteiger partial charge < -0.3 is 19.8 Å². The van der Waals surface area contributed by atoms with Crippen LogP contribution < -0.4 is 14.4 Å². The summed E-state index contributed by atoms with van der Waals surface area (Å²) in [6.45, 7) is 2.77. The first kappa shape index (κ1) is 28.6. The van der Waals surface area contributed by atoms with Crippen LogP contribution in [0.5, 0.6) is 5.75 Å². The number of carbonyl (C=O) groups is 2. The number of hydrogen-bond donors (Lipinski definition) is 3. The summed E-state index contributed by atoms with van der Waals surface area (Å²) in [6.07, 6.45) is -3.16. The van der Waals surface area contributed by atoms with Crippen LogP contribution >= 0.6 is 0 Å². The molecule has 0 unspecified atom stereocenters. The van der Waals surface area contributed by atoms with Crippen LogP contribution in [-0.2, 0) is 14.8 Å². The predicted molar refractivity (Wildman–Crippen MR) is 119 cm³/mol. The molecule has 0 saturated carbocycles. The van der Waals surface area contributed by atoms with E-state index in [1.165, 1.54) is 25.3 Å². The third-order valence-electron chi connectivity index (χ3n) is 4.35. The largest absolute Gasteiger partial charge is 0.497 e. The first-order valence-electron chi connectivity index (χ1n) is 9.78. The number of carboxylic acids is 2. The van der Waals surface area contributed by atoms with Crippen LogP contribution in [0, 0.1) is 0 Å². The predicted octanol–water partition coefficient (Wildman–Crippen LogP) is 4.06. The zero-order chi connectivity index (χ0) is 26.1. The average molecular weight is 506 g/mol. The second-order valence-electron chi connectivity index (χ2n) is 6.90. The summed E-state index contributed by atoms with van der Waals surface area (Å²) in [4.78, 5) is 22.5. The Bertz CT molecular complexity index is 1090. The monoisotopic (exact) mass is 506 g/mol. The van der Waals surface area contributed by atoms with Crippen LogP contribution in [-0.4, -0.2) is 57.4 Å². The van der Waals surface area contributed by atoms with Crippen LogP contribution in [0.25, 0.3) is 0 Å². The Balaban J connectivity index is 0.000000718. The summed E-state index contributed by atoms with van der Waals surface area (Å²) < 4.78 is 64.2. The zero-order valence-electron chi connectivity index (χ0n) is 18.6. The molecule has 3 N–H and O–H groups in total. The first-order valence-corrected chi connectivity index (χ1v) is 11.3. The normalized spacial score (nSPS) is 11.1. The lowest BCUT2D eigenvalue weighted by molar-refractivity contribution is -0.192. The van der Waals surface area contributed by atoms with Crippen molar-refractivity contribution in [2.75, 3.05) is 30.3 Å². The third-order valence-corrected chi connectivity index (χ3v) is 5.75. The molecule has 188 valence electrons. The molecule has 0 spiro atoms. The van der Waals surface area contributed by atoms with E-state index in [4.69, 9.17) is 14.6 Å². The molecule has 0 aliphatic carbocycles. The summed E-state index contributed by atoms with van der Waals surface area (Å²) in [6, 6.07) is 10.4. The molecule has 0 bridgehead atoms. The lowest BCUT2D eigenvalue weighted by Gasteiger charge is -2.21. The molecule has 0 aliphatic rings. The van der Waals surface area contributed by atoms with Crippen molar-refractivity contribution in [1.29, 1.82) is 0 Å². The van der Waals surface area contributed by atoms with Gasteiger partial charge in [0.1, 0.15) is 5.75 Å². The topological polar surface area (TPSA) is 133 Å². The Hall–Kier alpha value is -3.48. The summed E-state index contributed by atoms with van der Waals surface area (Å²) >= 11 is 0. The lowest BCUT2D eigenvalue weighted by Crippen LogP contribution is -2.21. The van der Waals surface area contributed by atoms with Crippen molar-refractivity contribution in [1.82, 2.24) is 0 Å². The highest BCUT2D eigenvalue weighted by Gasteiger charge is 2.38. The molecular weight excluding hydrogens is 481 g/mol. The van der Waals surface area contributed by atoms with Gasteiger partial charge in [0.05, 0.1) is 23.3 Å². The lowest BCUT2D eigenvalue weighted by atomic mass is 10.1. The van der Waals surface area contributed by atoms with Gasteiger partial charge in [-0.3, -0.25) is 4.72 Å². The maximum atomic E-state index is 12.5. The van der Waals surface area contributed by atoms with E-state index in [0.717, 1.165) is 12.8 Å². The molecule has 0 saturated heterocycles. The van der Waals surface area contributed by atoms with Crippen LogP contribution in [0.2, 0.25) is 0 Å². The number of unbranched alkanes of at least 4 members (excludes halogenated alkanes) is 1. The quantitative estimate of drug-likeness (QED) is 0.464. The molecule has 2 rings (SSSR count). The van der Waals surface area contributed by atoms with Crippen molar-refractivity contribution in [3.63, 3.8) is 0 Å². The van der Waals surface area contributed by atoms with E-state index in [1.54, 1.807) is 24.3 Å². The highest BCUT2D eigenvalue weighted by Crippen LogP contribution is 2.26. The van der Waals surface area contributed by atoms with Gasteiger partial charge in [0.25, 0.3) is 10.0 Å². The maximum Gasteiger partial charge on any atom is 0.490 e. The molecule has 2 aromatic carbocycles. The van der Waals surface area contributed by atoms with Gasteiger partial charge in [-0.1, -0.05) is 13.3 Å². The molecule has 0 aliphatic heterocycles. The van der Waals surface area contributed by atoms with Crippen molar-refractivity contribution < 1.29 is 46.1 Å².